The first-order valence-corrected chi connectivity index (χ1v) is 10.7. The van der Waals surface area contributed by atoms with Crippen LogP contribution in [0.15, 0.2) is 47.4 Å². The van der Waals surface area contributed by atoms with Gasteiger partial charge in [0.15, 0.2) is 0 Å². The molecule has 0 radical (unpaired) electrons. The number of nitrogens with zero attached hydrogens (tertiary/aromatic N) is 1. The lowest BCUT2D eigenvalue weighted by atomic mass is 10.0. The van der Waals surface area contributed by atoms with Crippen molar-refractivity contribution >= 4 is 28.1 Å². The highest BCUT2D eigenvalue weighted by molar-refractivity contribution is 7.92. The first kappa shape index (κ1) is 23.5. The first-order valence-electron chi connectivity index (χ1n) is 9.23. The molecule has 0 fully saturated rings. The predicted octanol–water partition coefficient (Wildman–Crippen LogP) is 4.74. The number of anilines is 1. The second-order valence-corrected chi connectivity index (χ2v) is 8.64. The molecule has 3 rings (SSSR count). The topological polar surface area (TPSA) is 49.4 Å². The number of sulfonamides is 1. The summed E-state index contributed by atoms with van der Waals surface area (Å²) >= 11 is 0. The van der Waals surface area contributed by atoms with Gasteiger partial charge in [-0.15, -0.1) is 12.4 Å². The Morgan fingerprint density at radius 3 is 2.21 bits per heavy atom. The Balaban J connectivity index is 0.00000300. The highest BCUT2D eigenvalue weighted by Gasteiger charge is 2.30. The van der Waals surface area contributed by atoms with E-state index in [4.69, 9.17) is 0 Å². The van der Waals surface area contributed by atoms with Gasteiger partial charge in [-0.05, 0) is 73.3 Å². The normalized spacial score (nSPS) is 15.2. The van der Waals surface area contributed by atoms with Gasteiger partial charge in [-0.2, -0.15) is 13.2 Å². The minimum Gasteiger partial charge on any atom is -0.303 e. The molecule has 0 saturated heterocycles. The lowest BCUT2D eigenvalue weighted by molar-refractivity contribution is -0.137. The van der Waals surface area contributed by atoms with E-state index in [1.807, 2.05) is 12.1 Å². The highest BCUT2D eigenvalue weighted by Crippen LogP contribution is 2.30. The summed E-state index contributed by atoms with van der Waals surface area (Å²) in [5, 5.41) is 0. The summed E-state index contributed by atoms with van der Waals surface area (Å²) in [4.78, 5) is 2.19. The minimum atomic E-state index is -4.50. The molecule has 1 aliphatic heterocycles. The van der Waals surface area contributed by atoms with Gasteiger partial charge in [-0.25, -0.2) is 8.42 Å². The number of hydrogen-bond donors (Lipinski definition) is 1. The lowest BCUT2D eigenvalue weighted by Crippen LogP contribution is -2.27. The summed E-state index contributed by atoms with van der Waals surface area (Å²) in [5.41, 5.74) is 1.85. The molecule has 0 atom stereocenters. The molecular weight excluding hydrogens is 425 g/mol. The smallest absolute Gasteiger partial charge is 0.303 e. The van der Waals surface area contributed by atoms with Crippen molar-refractivity contribution < 1.29 is 21.6 Å². The first-order chi connectivity index (χ1) is 13.2. The van der Waals surface area contributed by atoms with Crippen LogP contribution in [0, 0.1) is 0 Å². The Kier molecular flexibility index (Phi) is 7.59. The zero-order valence-electron chi connectivity index (χ0n) is 16.0. The van der Waals surface area contributed by atoms with Gasteiger partial charge in [0.1, 0.15) is 0 Å². The van der Waals surface area contributed by atoms with E-state index < -0.39 is 21.8 Å². The van der Waals surface area contributed by atoms with Crippen molar-refractivity contribution in [2.24, 2.45) is 0 Å². The number of fused-ring (bicyclic) bond motifs is 1. The zero-order chi connectivity index (χ0) is 20.4. The molecule has 0 spiro atoms. The molecule has 1 heterocycles. The molecule has 9 heteroatoms. The van der Waals surface area contributed by atoms with E-state index in [1.165, 1.54) is 5.56 Å². The van der Waals surface area contributed by atoms with Gasteiger partial charge in [0, 0.05) is 18.8 Å². The van der Waals surface area contributed by atoms with Crippen molar-refractivity contribution in [2.75, 3.05) is 24.4 Å². The van der Waals surface area contributed by atoms with Crippen LogP contribution in [-0.2, 0) is 29.0 Å². The van der Waals surface area contributed by atoms with Gasteiger partial charge in [0.25, 0.3) is 10.0 Å². The molecule has 0 bridgehead atoms. The van der Waals surface area contributed by atoms with Crippen LogP contribution >= 0.6 is 12.4 Å². The van der Waals surface area contributed by atoms with Gasteiger partial charge in [0.2, 0.25) is 0 Å². The lowest BCUT2D eigenvalue weighted by Gasteiger charge is -2.18. The Hall–Kier alpha value is -1.77. The summed E-state index contributed by atoms with van der Waals surface area (Å²) in [6, 6.07) is 8.94. The van der Waals surface area contributed by atoms with Crippen LogP contribution in [-0.4, -0.2) is 33.0 Å². The monoisotopic (exact) mass is 448 g/mol. The third-order valence-electron chi connectivity index (χ3n) is 4.88. The quantitative estimate of drug-likeness (QED) is 0.718. The van der Waals surface area contributed by atoms with Crippen molar-refractivity contribution in [1.29, 1.82) is 0 Å². The highest BCUT2D eigenvalue weighted by atomic mass is 35.5. The molecule has 0 aliphatic carbocycles. The van der Waals surface area contributed by atoms with Gasteiger partial charge in [-0.3, -0.25) is 4.72 Å². The van der Waals surface area contributed by atoms with E-state index in [0.29, 0.717) is 5.69 Å². The summed E-state index contributed by atoms with van der Waals surface area (Å²) in [7, 11) is -3.96. The van der Waals surface area contributed by atoms with Gasteiger partial charge < -0.3 is 4.90 Å². The van der Waals surface area contributed by atoms with Crippen LogP contribution in [0.4, 0.5) is 18.9 Å². The van der Waals surface area contributed by atoms with Crippen LogP contribution in [0.3, 0.4) is 0 Å². The van der Waals surface area contributed by atoms with Crippen molar-refractivity contribution in [3.05, 3.63) is 59.2 Å². The molecule has 160 valence electrons. The molecule has 1 N–H and O–H groups in total. The van der Waals surface area contributed by atoms with Crippen molar-refractivity contribution in [1.82, 2.24) is 4.90 Å². The molecule has 0 amide bonds. The summed E-state index contributed by atoms with van der Waals surface area (Å²) < 4.78 is 65.5. The summed E-state index contributed by atoms with van der Waals surface area (Å²) in [6.45, 7) is 5.10. The van der Waals surface area contributed by atoms with Crippen LogP contribution in [0.5, 0.6) is 0 Å². The van der Waals surface area contributed by atoms with Gasteiger partial charge in [0.05, 0.1) is 10.5 Å². The van der Waals surface area contributed by atoms with Crippen molar-refractivity contribution in [3.8, 4) is 0 Å². The number of halogens is 4. The molecule has 29 heavy (non-hydrogen) atoms. The van der Waals surface area contributed by atoms with Crippen LogP contribution < -0.4 is 4.72 Å². The fraction of sp³-hybridized carbons (Fsp3) is 0.400. The maximum absolute atomic E-state index is 12.7. The van der Waals surface area contributed by atoms with Crippen LogP contribution in [0.1, 0.15) is 30.0 Å². The summed E-state index contributed by atoms with van der Waals surface area (Å²) in [6.07, 6.45) is -1.65. The Morgan fingerprint density at radius 1 is 1.00 bits per heavy atom. The Morgan fingerprint density at radius 2 is 1.62 bits per heavy atom. The van der Waals surface area contributed by atoms with E-state index in [1.54, 1.807) is 6.07 Å². The standard InChI is InChI=1S/C20H23F3N2O2S.ClH/c1-2-11-25-12-9-15-3-6-18(14-16(15)10-13-25)24-28(26,27)19-7-4-17(5-8-19)20(21,22)23;/h3-8,14,24H,2,9-13H2,1H3;1H. The summed E-state index contributed by atoms with van der Waals surface area (Å²) in [5.74, 6) is 0. The molecule has 0 unspecified atom stereocenters. The number of benzene rings is 2. The molecule has 0 aromatic heterocycles. The molecule has 2 aromatic rings. The zero-order valence-corrected chi connectivity index (χ0v) is 17.6. The van der Waals surface area contributed by atoms with Gasteiger partial charge >= 0.3 is 6.18 Å². The average Bonchev–Trinajstić information content (AvgIpc) is 2.83. The van der Waals surface area contributed by atoms with E-state index >= 15 is 0 Å². The maximum Gasteiger partial charge on any atom is 0.416 e. The average molecular weight is 449 g/mol. The van der Waals surface area contributed by atoms with Crippen molar-refractivity contribution in [3.63, 3.8) is 0 Å². The maximum atomic E-state index is 12.7. The Bertz CT molecular complexity index is 932. The number of alkyl halides is 3. The molecular formula is C20H24ClF3N2O2S. The van der Waals surface area contributed by atoms with E-state index in [2.05, 4.69) is 16.5 Å². The second-order valence-electron chi connectivity index (χ2n) is 6.95. The van der Waals surface area contributed by atoms with E-state index in [9.17, 15) is 21.6 Å². The second kappa shape index (κ2) is 9.36. The third kappa shape index (κ3) is 5.87. The Labute approximate surface area is 175 Å². The van der Waals surface area contributed by atoms with E-state index in [0.717, 1.165) is 68.7 Å². The molecule has 4 nitrogen and oxygen atoms in total. The predicted molar refractivity (Wildman–Crippen MR) is 110 cm³/mol. The fourth-order valence-electron chi connectivity index (χ4n) is 3.41. The number of nitrogens with one attached hydrogen (secondary N) is 1. The SMILES string of the molecule is CCCN1CCc2ccc(NS(=O)(=O)c3ccc(C(F)(F)F)cc3)cc2CC1.Cl. The van der Waals surface area contributed by atoms with Crippen molar-refractivity contribution in [2.45, 2.75) is 37.3 Å². The fourth-order valence-corrected chi connectivity index (χ4v) is 4.46. The number of rotatable bonds is 5. The molecule has 2 aromatic carbocycles. The van der Waals surface area contributed by atoms with Crippen LogP contribution in [0.25, 0.3) is 0 Å². The number of hydrogen-bond acceptors (Lipinski definition) is 3. The van der Waals surface area contributed by atoms with Gasteiger partial charge in [-0.1, -0.05) is 13.0 Å². The largest absolute Gasteiger partial charge is 0.416 e. The minimum absolute atomic E-state index is 0. The van der Waals surface area contributed by atoms with Crippen LogP contribution in [0.2, 0.25) is 0 Å². The molecule has 0 saturated carbocycles. The van der Waals surface area contributed by atoms with E-state index in [-0.39, 0.29) is 17.3 Å². The molecule has 1 aliphatic rings. The third-order valence-corrected chi connectivity index (χ3v) is 6.28.